The zero-order chi connectivity index (χ0) is 21.7. The molecule has 0 aromatic heterocycles. The molecule has 1 aliphatic rings. The summed E-state index contributed by atoms with van der Waals surface area (Å²) in [6.07, 6.45) is 17.1. The van der Waals surface area contributed by atoms with Crippen molar-refractivity contribution in [3.63, 3.8) is 0 Å². The van der Waals surface area contributed by atoms with Gasteiger partial charge >= 0.3 is 11.9 Å². The summed E-state index contributed by atoms with van der Waals surface area (Å²) in [5.41, 5.74) is -0.849. The molecule has 0 radical (unpaired) electrons. The summed E-state index contributed by atoms with van der Waals surface area (Å²) in [7, 11) is 1.36. The molecular formula is C23H31ClO5. The zero-order valence-electron chi connectivity index (χ0n) is 17.5. The Kier molecular flexibility index (Phi) is 11.3. The van der Waals surface area contributed by atoms with Gasteiger partial charge in [-0.2, -0.15) is 0 Å². The molecule has 5 nitrogen and oxygen atoms in total. The summed E-state index contributed by atoms with van der Waals surface area (Å²) in [6.45, 7) is 3.47. The predicted octanol–water partition coefficient (Wildman–Crippen LogP) is 5.35. The Labute approximate surface area is 178 Å². The third-order valence-electron chi connectivity index (χ3n) is 4.54. The van der Waals surface area contributed by atoms with Crippen molar-refractivity contribution in [2.45, 2.75) is 70.8 Å². The number of ether oxygens (including phenoxy) is 2. The van der Waals surface area contributed by atoms with E-state index >= 15 is 0 Å². The monoisotopic (exact) mass is 422 g/mol. The molecule has 0 N–H and O–H groups in total. The molecule has 0 saturated heterocycles. The first kappa shape index (κ1) is 24.9. The van der Waals surface area contributed by atoms with Crippen molar-refractivity contribution in [1.82, 2.24) is 0 Å². The highest BCUT2D eigenvalue weighted by Crippen LogP contribution is 2.39. The third-order valence-corrected chi connectivity index (χ3v) is 4.82. The van der Waals surface area contributed by atoms with Crippen LogP contribution in [0.4, 0.5) is 0 Å². The van der Waals surface area contributed by atoms with E-state index in [0.717, 1.165) is 25.7 Å². The number of Topliss-reactive ketones (excluding diaryl/α,β-unsaturated/α-hetero) is 1. The molecule has 160 valence electrons. The first-order valence-electron chi connectivity index (χ1n) is 10.1. The lowest BCUT2D eigenvalue weighted by atomic mass is 9.91. The average molecular weight is 423 g/mol. The molecule has 0 spiro atoms. The van der Waals surface area contributed by atoms with E-state index in [1.165, 1.54) is 20.1 Å². The Morgan fingerprint density at radius 2 is 1.86 bits per heavy atom. The van der Waals surface area contributed by atoms with Gasteiger partial charge in [-0.1, -0.05) is 61.7 Å². The number of esters is 2. The average Bonchev–Trinajstić information content (AvgIpc) is 2.90. The fourth-order valence-electron chi connectivity index (χ4n) is 3.05. The van der Waals surface area contributed by atoms with Gasteiger partial charge in [-0.15, -0.1) is 0 Å². The minimum absolute atomic E-state index is 0.0518. The lowest BCUT2D eigenvalue weighted by Crippen LogP contribution is -2.33. The second kappa shape index (κ2) is 13.2. The van der Waals surface area contributed by atoms with Crippen molar-refractivity contribution in [3.8, 4) is 0 Å². The number of carbonyl (C=O) groups is 3. The molecule has 1 rings (SSSR count). The summed E-state index contributed by atoms with van der Waals surface area (Å²) >= 11 is 6.10. The summed E-state index contributed by atoms with van der Waals surface area (Å²) in [5, 5.41) is 0.0518. The molecule has 6 heteroatoms. The van der Waals surface area contributed by atoms with Crippen LogP contribution in [0, 0.1) is 0 Å². The van der Waals surface area contributed by atoms with Crippen LogP contribution in [0.2, 0.25) is 0 Å². The van der Waals surface area contributed by atoms with E-state index < -0.39 is 11.6 Å². The molecular weight excluding hydrogens is 392 g/mol. The minimum atomic E-state index is -1.18. The number of hydrogen-bond donors (Lipinski definition) is 0. The van der Waals surface area contributed by atoms with Gasteiger partial charge in [0.05, 0.1) is 12.1 Å². The number of halogens is 1. The molecule has 0 aromatic carbocycles. The first-order valence-corrected chi connectivity index (χ1v) is 10.5. The summed E-state index contributed by atoms with van der Waals surface area (Å²) < 4.78 is 10.2. The maximum absolute atomic E-state index is 12.5. The van der Waals surface area contributed by atoms with E-state index in [2.05, 4.69) is 11.7 Å². The number of hydrogen-bond acceptors (Lipinski definition) is 5. The van der Waals surface area contributed by atoms with E-state index in [0.29, 0.717) is 31.3 Å². The third kappa shape index (κ3) is 8.40. The smallest absolute Gasteiger partial charge is 0.305 e. The van der Waals surface area contributed by atoms with Crippen LogP contribution in [0.5, 0.6) is 0 Å². The van der Waals surface area contributed by atoms with Gasteiger partial charge in [-0.25, -0.2) is 0 Å². The van der Waals surface area contributed by atoms with Crippen LogP contribution in [0.25, 0.3) is 0 Å². The number of allylic oxidation sites excluding steroid dienone is 5. The van der Waals surface area contributed by atoms with Crippen molar-refractivity contribution >= 4 is 29.3 Å². The fraction of sp³-hybridized carbons (Fsp3) is 0.522. The molecule has 0 heterocycles. The maximum Gasteiger partial charge on any atom is 0.305 e. The molecule has 0 saturated carbocycles. The summed E-state index contributed by atoms with van der Waals surface area (Å²) in [6, 6.07) is 0. The largest absolute Gasteiger partial charge is 0.469 e. The molecule has 0 aromatic rings. The molecule has 1 atom stereocenters. The highest BCUT2D eigenvalue weighted by atomic mass is 35.5. The number of unbranched alkanes of at least 4 members (excludes halogenated alkanes) is 4. The van der Waals surface area contributed by atoms with Crippen LogP contribution < -0.4 is 0 Å². The Balaban J connectivity index is 2.90. The van der Waals surface area contributed by atoms with E-state index in [1.807, 2.05) is 18.2 Å². The Morgan fingerprint density at radius 1 is 1.14 bits per heavy atom. The predicted molar refractivity (Wildman–Crippen MR) is 114 cm³/mol. The van der Waals surface area contributed by atoms with Crippen LogP contribution >= 0.6 is 11.6 Å². The van der Waals surface area contributed by atoms with Crippen LogP contribution in [-0.4, -0.2) is 30.4 Å². The summed E-state index contributed by atoms with van der Waals surface area (Å²) in [5.74, 6) is -1.07. The molecule has 29 heavy (non-hydrogen) atoms. The molecule has 0 bridgehead atoms. The maximum atomic E-state index is 12.5. The van der Waals surface area contributed by atoms with Crippen molar-refractivity contribution in [1.29, 1.82) is 0 Å². The normalized spacial score (nSPS) is 20.6. The van der Waals surface area contributed by atoms with Gasteiger partial charge in [0.15, 0.2) is 5.60 Å². The molecule has 0 aliphatic heterocycles. The Morgan fingerprint density at radius 3 is 2.52 bits per heavy atom. The molecule has 0 amide bonds. The zero-order valence-corrected chi connectivity index (χ0v) is 18.3. The highest BCUT2D eigenvalue weighted by Gasteiger charge is 2.44. The quantitative estimate of drug-likeness (QED) is 0.183. The number of methoxy groups -OCH3 is 1. The van der Waals surface area contributed by atoms with Gasteiger partial charge < -0.3 is 9.47 Å². The minimum Gasteiger partial charge on any atom is -0.469 e. The fourth-order valence-corrected chi connectivity index (χ4v) is 3.33. The number of ketones is 1. The first-order chi connectivity index (χ1) is 13.9. The van der Waals surface area contributed by atoms with Crippen molar-refractivity contribution in [2.75, 3.05) is 7.11 Å². The topological polar surface area (TPSA) is 69.7 Å². The number of rotatable bonds is 12. The van der Waals surface area contributed by atoms with Gasteiger partial charge in [0.25, 0.3) is 0 Å². The second-order valence-corrected chi connectivity index (χ2v) is 7.36. The van der Waals surface area contributed by atoms with Crippen LogP contribution in [0.3, 0.4) is 0 Å². The van der Waals surface area contributed by atoms with Crippen LogP contribution in [0.15, 0.2) is 47.1 Å². The second-order valence-electron chi connectivity index (χ2n) is 6.95. The van der Waals surface area contributed by atoms with Gasteiger partial charge in [-0.3, -0.25) is 14.4 Å². The molecule has 1 aliphatic carbocycles. The van der Waals surface area contributed by atoms with Gasteiger partial charge in [0, 0.05) is 25.3 Å². The Hall–Kier alpha value is -2.14. The standard InChI is InChI=1S/C23H31ClO5/c1-4-5-6-7-10-13-16-23(29-18(2)25)17-20(24)22(27)19(23)14-11-8-9-12-15-21(26)28-3/h8,10-11,13-14,17H,4-7,9,12,15-16H2,1-3H3/b11-8-,13-10-,19-14?/t23-/m1/s1. The molecule has 0 unspecified atom stereocenters. The number of carbonyl (C=O) groups excluding carboxylic acids is 3. The van der Waals surface area contributed by atoms with E-state index in [4.69, 9.17) is 16.3 Å². The SMILES string of the molecule is CCCCC/C=C\C[C@@]1(OC(C)=O)C=C(Cl)C(=O)C1=C/C=C\CCCC(=O)OC. The highest BCUT2D eigenvalue weighted by molar-refractivity contribution is 6.46. The Bertz CT molecular complexity index is 702. The lowest BCUT2D eigenvalue weighted by Gasteiger charge is -2.27. The van der Waals surface area contributed by atoms with Crippen molar-refractivity contribution in [2.24, 2.45) is 0 Å². The van der Waals surface area contributed by atoms with Gasteiger partial charge in [0.2, 0.25) is 5.78 Å². The van der Waals surface area contributed by atoms with Gasteiger partial charge in [-0.05, 0) is 31.8 Å². The van der Waals surface area contributed by atoms with E-state index in [9.17, 15) is 14.4 Å². The summed E-state index contributed by atoms with van der Waals surface area (Å²) in [4.78, 5) is 35.4. The molecule has 0 fully saturated rings. The van der Waals surface area contributed by atoms with E-state index in [1.54, 1.807) is 12.2 Å². The van der Waals surface area contributed by atoms with E-state index in [-0.39, 0.29) is 16.8 Å². The van der Waals surface area contributed by atoms with Crippen LogP contribution in [-0.2, 0) is 23.9 Å². The van der Waals surface area contributed by atoms with Gasteiger partial charge in [0.1, 0.15) is 0 Å². The lowest BCUT2D eigenvalue weighted by molar-refractivity contribution is -0.149. The van der Waals surface area contributed by atoms with Crippen LogP contribution in [0.1, 0.15) is 65.2 Å². The van der Waals surface area contributed by atoms with Crippen molar-refractivity contribution in [3.05, 3.63) is 47.1 Å². The van der Waals surface area contributed by atoms with Crippen molar-refractivity contribution < 1.29 is 23.9 Å².